The molecule has 4 nitrogen and oxygen atoms in total. The fraction of sp³-hybridized carbons (Fsp3) is 0.263. The van der Waals surface area contributed by atoms with Gasteiger partial charge in [-0.3, -0.25) is 9.59 Å². The van der Waals surface area contributed by atoms with Crippen molar-refractivity contribution < 1.29 is 14.3 Å². The van der Waals surface area contributed by atoms with Crippen molar-refractivity contribution in [3.8, 4) is 5.75 Å². The van der Waals surface area contributed by atoms with Gasteiger partial charge in [-0.25, -0.2) is 0 Å². The highest BCUT2D eigenvalue weighted by Gasteiger charge is 2.25. The fourth-order valence-electron chi connectivity index (χ4n) is 2.56. The van der Waals surface area contributed by atoms with E-state index in [0.29, 0.717) is 23.0 Å². The van der Waals surface area contributed by atoms with Crippen LogP contribution >= 0.6 is 23.2 Å². The number of nitrogens with one attached hydrogen (secondary N) is 1. The van der Waals surface area contributed by atoms with Gasteiger partial charge in [0.1, 0.15) is 5.75 Å². The van der Waals surface area contributed by atoms with E-state index in [9.17, 15) is 9.59 Å². The monoisotopic (exact) mass is 377 g/mol. The van der Waals surface area contributed by atoms with Gasteiger partial charge >= 0.3 is 0 Å². The van der Waals surface area contributed by atoms with Gasteiger partial charge in [0.15, 0.2) is 5.78 Å². The smallest absolute Gasteiger partial charge is 0.255 e. The molecule has 1 aliphatic rings. The van der Waals surface area contributed by atoms with Crippen molar-refractivity contribution in [3.63, 3.8) is 0 Å². The number of hydrogen-bond acceptors (Lipinski definition) is 3. The molecule has 2 aromatic rings. The summed E-state index contributed by atoms with van der Waals surface area (Å²) < 4.78 is 5.25. The molecule has 1 amide bonds. The Balaban J connectivity index is 1.96. The molecule has 6 heteroatoms. The Labute approximate surface area is 156 Å². The Morgan fingerprint density at radius 1 is 1.12 bits per heavy atom. The highest BCUT2D eigenvalue weighted by Crippen LogP contribution is 2.32. The summed E-state index contributed by atoms with van der Waals surface area (Å²) in [6.07, 6.45) is 2.26. The number of ether oxygens (including phenoxy) is 1. The first-order valence-electron chi connectivity index (χ1n) is 7.96. The molecule has 2 aromatic carbocycles. The number of rotatable bonds is 6. The lowest BCUT2D eigenvalue weighted by Crippen LogP contribution is -2.26. The number of carbonyl (C=O) groups is 2. The molecule has 0 aromatic heterocycles. The van der Waals surface area contributed by atoms with Crippen LogP contribution in [0.2, 0.25) is 10.0 Å². The number of halogens is 2. The van der Waals surface area contributed by atoms with Crippen LogP contribution in [-0.2, 0) is 0 Å². The van der Waals surface area contributed by atoms with Crippen molar-refractivity contribution in [3.05, 3.63) is 63.1 Å². The first-order chi connectivity index (χ1) is 12.0. The Bertz CT molecular complexity index is 831. The van der Waals surface area contributed by atoms with E-state index in [1.54, 1.807) is 24.3 Å². The molecule has 1 aliphatic carbocycles. The average Bonchev–Trinajstić information content (AvgIpc) is 3.43. The predicted molar refractivity (Wildman–Crippen MR) is 97.9 cm³/mol. The van der Waals surface area contributed by atoms with Crippen LogP contribution in [0.4, 0.5) is 0 Å². The van der Waals surface area contributed by atoms with Crippen LogP contribution in [0.3, 0.4) is 0 Å². The first kappa shape index (κ1) is 17.8. The highest BCUT2D eigenvalue weighted by molar-refractivity contribution is 6.36. The SMILES string of the molecule is COc1c(Cl)cc(C(=O)c2ccccc2Cl)cc1C(=O)NCC1CC1. The third-order valence-electron chi connectivity index (χ3n) is 4.12. The normalized spacial score (nSPS) is 13.4. The maximum Gasteiger partial charge on any atom is 0.255 e. The molecule has 1 N–H and O–H groups in total. The highest BCUT2D eigenvalue weighted by atomic mass is 35.5. The molecule has 1 fully saturated rings. The number of amides is 1. The number of ketones is 1. The second-order valence-electron chi connectivity index (χ2n) is 6.00. The van der Waals surface area contributed by atoms with Crippen molar-refractivity contribution in [2.45, 2.75) is 12.8 Å². The van der Waals surface area contributed by atoms with Gasteiger partial charge in [0, 0.05) is 17.7 Å². The van der Waals surface area contributed by atoms with Gasteiger partial charge in [-0.05, 0) is 43.0 Å². The van der Waals surface area contributed by atoms with E-state index in [0.717, 1.165) is 12.8 Å². The van der Waals surface area contributed by atoms with Gasteiger partial charge in [-0.2, -0.15) is 0 Å². The summed E-state index contributed by atoms with van der Waals surface area (Å²) in [5.74, 6) is 0.190. The minimum Gasteiger partial charge on any atom is -0.494 e. The quantitative estimate of drug-likeness (QED) is 0.760. The third-order valence-corrected chi connectivity index (χ3v) is 4.73. The van der Waals surface area contributed by atoms with Crippen molar-refractivity contribution >= 4 is 34.9 Å². The number of methoxy groups -OCH3 is 1. The number of carbonyl (C=O) groups excluding carboxylic acids is 2. The average molecular weight is 378 g/mol. The van der Waals surface area contributed by atoms with Gasteiger partial charge in [-0.1, -0.05) is 35.3 Å². The summed E-state index contributed by atoms with van der Waals surface area (Å²) >= 11 is 12.3. The van der Waals surface area contributed by atoms with Gasteiger partial charge in [-0.15, -0.1) is 0 Å². The van der Waals surface area contributed by atoms with Crippen LogP contribution in [0.1, 0.15) is 39.1 Å². The van der Waals surface area contributed by atoms with Crippen LogP contribution in [0.5, 0.6) is 5.75 Å². The van der Waals surface area contributed by atoms with Crippen molar-refractivity contribution in [2.24, 2.45) is 5.92 Å². The molecule has 0 atom stereocenters. The first-order valence-corrected chi connectivity index (χ1v) is 8.71. The largest absolute Gasteiger partial charge is 0.494 e. The van der Waals surface area contributed by atoms with E-state index in [4.69, 9.17) is 27.9 Å². The molecule has 3 rings (SSSR count). The maximum absolute atomic E-state index is 12.8. The third kappa shape index (κ3) is 3.97. The summed E-state index contributed by atoms with van der Waals surface area (Å²) in [7, 11) is 1.44. The van der Waals surface area contributed by atoms with Crippen molar-refractivity contribution in [2.75, 3.05) is 13.7 Å². The molecular weight excluding hydrogens is 361 g/mol. The molecule has 25 heavy (non-hydrogen) atoms. The van der Waals surface area contributed by atoms with Crippen LogP contribution in [0.25, 0.3) is 0 Å². The van der Waals surface area contributed by atoms with Gasteiger partial charge in [0.2, 0.25) is 0 Å². The Morgan fingerprint density at radius 2 is 1.84 bits per heavy atom. The van der Waals surface area contributed by atoms with Crippen LogP contribution in [0, 0.1) is 5.92 Å². The lowest BCUT2D eigenvalue weighted by atomic mass is 10.00. The minimum atomic E-state index is -0.306. The number of hydrogen-bond donors (Lipinski definition) is 1. The molecule has 0 heterocycles. The van der Waals surface area contributed by atoms with Crippen molar-refractivity contribution in [1.29, 1.82) is 0 Å². The van der Waals surface area contributed by atoms with Crippen molar-refractivity contribution in [1.82, 2.24) is 5.32 Å². The van der Waals surface area contributed by atoms with E-state index < -0.39 is 0 Å². The van der Waals surface area contributed by atoms with E-state index in [-0.39, 0.29) is 33.6 Å². The fourth-order valence-corrected chi connectivity index (χ4v) is 3.07. The zero-order valence-corrected chi connectivity index (χ0v) is 15.2. The molecule has 1 saturated carbocycles. The van der Waals surface area contributed by atoms with Gasteiger partial charge in [0.25, 0.3) is 5.91 Å². The predicted octanol–water partition coefficient (Wildman–Crippen LogP) is 4.37. The summed E-state index contributed by atoms with van der Waals surface area (Å²) in [6.45, 7) is 0.613. The second kappa shape index (κ2) is 7.46. The zero-order chi connectivity index (χ0) is 18.0. The summed E-state index contributed by atoms with van der Waals surface area (Å²) in [4.78, 5) is 25.3. The van der Waals surface area contributed by atoms with Crippen LogP contribution in [-0.4, -0.2) is 25.3 Å². The summed E-state index contributed by atoms with van der Waals surface area (Å²) in [5.41, 5.74) is 0.885. The lowest BCUT2D eigenvalue weighted by Gasteiger charge is -2.13. The molecule has 0 bridgehead atoms. The Kier molecular flexibility index (Phi) is 5.30. The zero-order valence-electron chi connectivity index (χ0n) is 13.6. The summed E-state index contributed by atoms with van der Waals surface area (Å²) in [6, 6.07) is 9.74. The van der Waals surface area contributed by atoms with E-state index >= 15 is 0 Å². The Morgan fingerprint density at radius 3 is 2.48 bits per heavy atom. The molecule has 0 radical (unpaired) electrons. The second-order valence-corrected chi connectivity index (χ2v) is 6.82. The molecule has 0 aliphatic heterocycles. The topological polar surface area (TPSA) is 55.4 Å². The van der Waals surface area contributed by atoms with Crippen LogP contribution < -0.4 is 10.1 Å². The molecular formula is C19H17Cl2NO3. The van der Waals surface area contributed by atoms with Crippen LogP contribution in [0.15, 0.2) is 36.4 Å². The Hall–Kier alpha value is -2.04. The molecule has 0 saturated heterocycles. The number of benzene rings is 2. The standard InChI is InChI=1S/C19H17Cl2NO3/c1-25-18-14(19(24)22-10-11-6-7-11)8-12(9-16(18)21)17(23)13-4-2-3-5-15(13)20/h2-5,8-9,11H,6-7,10H2,1H3,(H,22,24). The van der Waals surface area contributed by atoms with E-state index in [1.807, 2.05) is 0 Å². The maximum atomic E-state index is 12.8. The van der Waals surface area contributed by atoms with Gasteiger partial charge < -0.3 is 10.1 Å². The molecule has 130 valence electrons. The van der Waals surface area contributed by atoms with Gasteiger partial charge in [0.05, 0.1) is 22.7 Å². The summed E-state index contributed by atoms with van der Waals surface area (Å²) in [5, 5.41) is 3.42. The lowest BCUT2D eigenvalue weighted by molar-refractivity contribution is 0.0948. The molecule has 0 unspecified atom stereocenters. The minimum absolute atomic E-state index is 0.206. The molecule has 0 spiro atoms. The van der Waals surface area contributed by atoms with E-state index in [2.05, 4.69) is 5.32 Å². The van der Waals surface area contributed by atoms with E-state index in [1.165, 1.54) is 19.2 Å².